The van der Waals surface area contributed by atoms with Gasteiger partial charge in [-0.15, -0.1) is 0 Å². The summed E-state index contributed by atoms with van der Waals surface area (Å²) in [6.07, 6.45) is -4.50. The van der Waals surface area contributed by atoms with E-state index in [0.717, 1.165) is 12.1 Å². The van der Waals surface area contributed by atoms with Gasteiger partial charge in [-0.2, -0.15) is 13.2 Å². The molecule has 0 aliphatic rings. The van der Waals surface area contributed by atoms with E-state index in [1.165, 1.54) is 37.3 Å². The summed E-state index contributed by atoms with van der Waals surface area (Å²) < 4.78 is 65.8. The Labute approximate surface area is 157 Å². The standard InChI is InChI=1S/C17H15F3N4O3S/c1-9(24-28(26,27)12-5-2-10(3-6-12)15(21)25)16-22-13-7-4-11(17(18,19)20)8-14(13)23-16/h2-9,24H,1H3,(H2,21,25)(H,22,23)/t9-/m1/s1. The molecule has 148 valence electrons. The fraction of sp³-hybridized carbons (Fsp3) is 0.176. The number of rotatable bonds is 5. The molecule has 11 heteroatoms. The lowest BCUT2D eigenvalue weighted by Crippen LogP contribution is -2.27. The number of hydrogen-bond donors (Lipinski definition) is 3. The van der Waals surface area contributed by atoms with Crippen LogP contribution in [0.15, 0.2) is 47.4 Å². The molecule has 7 nitrogen and oxygen atoms in total. The van der Waals surface area contributed by atoms with Gasteiger partial charge in [-0.05, 0) is 49.4 Å². The molecule has 0 spiro atoms. The maximum Gasteiger partial charge on any atom is 0.416 e. The number of fused-ring (bicyclic) bond motifs is 1. The zero-order chi connectivity index (χ0) is 20.7. The van der Waals surface area contributed by atoms with Crippen molar-refractivity contribution in [2.45, 2.75) is 24.0 Å². The molecule has 0 saturated carbocycles. The molecule has 1 heterocycles. The minimum Gasteiger partial charge on any atom is -0.366 e. The van der Waals surface area contributed by atoms with Crippen LogP contribution in [0.4, 0.5) is 13.2 Å². The Hall–Kier alpha value is -2.92. The number of primary amides is 1. The molecule has 2 aromatic carbocycles. The van der Waals surface area contributed by atoms with Crippen LogP contribution in [0.3, 0.4) is 0 Å². The highest BCUT2D eigenvalue weighted by Gasteiger charge is 2.31. The number of carbonyl (C=O) groups is 1. The van der Waals surface area contributed by atoms with Crippen LogP contribution >= 0.6 is 0 Å². The van der Waals surface area contributed by atoms with E-state index in [-0.39, 0.29) is 27.3 Å². The molecule has 0 aliphatic carbocycles. The summed E-state index contributed by atoms with van der Waals surface area (Å²) in [5.41, 5.74) is 4.86. The van der Waals surface area contributed by atoms with Gasteiger partial charge in [0.1, 0.15) is 5.82 Å². The second kappa shape index (κ2) is 6.91. The molecular formula is C17H15F3N4O3S. The smallest absolute Gasteiger partial charge is 0.366 e. The Balaban J connectivity index is 1.85. The summed E-state index contributed by atoms with van der Waals surface area (Å²) in [5, 5.41) is 0. The minimum atomic E-state index is -4.50. The van der Waals surface area contributed by atoms with E-state index in [1.54, 1.807) is 0 Å². The monoisotopic (exact) mass is 412 g/mol. The molecule has 0 bridgehead atoms. The molecule has 1 atom stereocenters. The number of H-pyrrole nitrogens is 1. The van der Waals surface area contributed by atoms with Crippen molar-refractivity contribution in [3.05, 3.63) is 59.4 Å². The second-order valence-electron chi connectivity index (χ2n) is 6.08. The fourth-order valence-electron chi connectivity index (χ4n) is 2.57. The lowest BCUT2D eigenvalue weighted by molar-refractivity contribution is -0.137. The molecule has 0 fully saturated rings. The zero-order valence-electron chi connectivity index (χ0n) is 14.4. The van der Waals surface area contributed by atoms with E-state index in [0.29, 0.717) is 0 Å². The summed E-state index contributed by atoms with van der Waals surface area (Å²) in [7, 11) is -3.96. The number of nitrogens with one attached hydrogen (secondary N) is 2. The largest absolute Gasteiger partial charge is 0.416 e. The van der Waals surface area contributed by atoms with Gasteiger partial charge in [0.25, 0.3) is 0 Å². The van der Waals surface area contributed by atoms with Gasteiger partial charge in [0, 0.05) is 5.56 Å². The van der Waals surface area contributed by atoms with Crippen LogP contribution in [0.2, 0.25) is 0 Å². The van der Waals surface area contributed by atoms with Crippen LogP contribution in [0, 0.1) is 0 Å². The van der Waals surface area contributed by atoms with E-state index >= 15 is 0 Å². The van der Waals surface area contributed by atoms with E-state index in [2.05, 4.69) is 14.7 Å². The first-order valence-corrected chi connectivity index (χ1v) is 9.45. The van der Waals surface area contributed by atoms with Crippen molar-refractivity contribution in [2.75, 3.05) is 0 Å². The molecule has 4 N–H and O–H groups in total. The van der Waals surface area contributed by atoms with E-state index in [4.69, 9.17) is 5.73 Å². The molecule has 0 aliphatic heterocycles. The fourth-order valence-corrected chi connectivity index (χ4v) is 3.77. The molecular weight excluding hydrogens is 397 g/mol. The first-order chi connectivity index (χ1) is 13.0. The lowest BCUT2D eigenvalue weighted by Gasteiger charge is -2.12. The summed E-state index contributed by atoms with van der Waals surface area (Å²) in [6.45, 7) is 1.50. The zero-order valence-corrected chi connectivity index (χ0v) is 15.2. The SMILES string of the molecule is C[C@@H](NS(=O)(=O)c1ccc(C(N)=O)cc1)c1nc2ccc(C(F)(F)F)cc2[nH]1. The van der Waals surface area contributed by atoms with Crippen LogP contribution in [0.25, 0.3) is 11.0 Å². The lowest BCUT2D eigenvalue weighted by atomic mass is 10.2. The van der Waals surface area contributed by atoms with E-state index in [1.807, 2.05) is 0 Å². The van der Waals surface area contributed by atoms with Gasteiger partial charge >= 0.3 is 6.18 Å². The summed E-state index contributed by atoms with van der Waals surface area (Å²) in [4.78, 5) is 17.8. The Bertz CT molecular complexity index is 1140. The average molecular weight is 412 g/mol. The van der Waals surface area contributed by atoms with E-state index in [9.17, 15) is 26.4 Å². The minimum absolute atomic E-state index is 0.0974. The van der Waals surface area contributed by atoms with Gasteiger partial charge in [-0.25, -0.2) is 18.1 Å². The van der Waals surface area contributed by atoms with Crippen LogP contribution in [0.1, 0.15) is 34.7 Å². The van der Waals surface area contributed by atoms with Crippen molar-refractivity contribution >= 4 is 27.0 Å². The highest BCUT2D eigenvalue weighted by atomic mass is 32.2. The number of nitrogens with two attached hydrogens (primary N) is 1. The summed E-state index contributed by atoms with van der Waals surface area (Å²) in [6, 6.07) is 7.19. The van der Waals surface area contributed by atoms with Crippen LogP contribution in [-0.2, 0) is 16.2 Å². The Morgan fingerprint density at radius 2 is 1.82 bits per heavy atom. The average Bonchev–Trinajstić information content (AvgIpc) is 3.04. The number of carbonyl (C=O) groups excluding carboxylic acids is 1. The third kappa shape index (κ3) is 3.99. The number of benzene rings is 2. The highest BCUT2D eigenvalue weighted by Crippen LogP contribution is 2.31. The molecule has 1 aromatic heterocycles. The number of nitrogens with zero attached hydrogens (tertiary/aromatic N) is 1. The molecule has 0 saturated heterocycles. The maximum atomic E-state index is 12.8. The number of amides is 1. The molecule has 28 heavy (non-hydrogen) atoms. The number of halogens is 3. The van der Waals surface area contributed by atoms with Crippen molar-refractivity contribution < 1.29 is 26.4 Å². The van der Waals surface area contributed by atoms with Crippen molar-refractivity contribution in [2.24, 2.45) is 5.73 Å². The van der Waals surface area contributed by atoms with Crippen LogP contribution < -0.4 is 10.5 Å². The Morgan fingerprint density at radius 1 is 1.18 bits per heavy atom. The van der Waals surface area contributed by atoms with Gasteiger partial charge in [-0.3, -0.25) is 4.79 Å². The van der Waals surface area contributed by atoms with Gasteiger partial charge in [-0.1, -0.05) is 0 Å². The van der Waals surface area contributed by atoms with Gasteiger partial charge in [0.2, 0.25) is 15.9 Å². The number of hydrogen-bond acceptors (Lipinski definition) is 4. The molecule has 3 aromatic rings. The van der Waals surface area contributed by atoms with Gasteiger partial charge in [0.15, 0.2) is 0 Å². The molecule has 0 radical (unpaired) electrons. The third-order valence-corrected chi connectivity index (χ3v) is 5.58. The quantitative estimate of drug-likeness (QED) is 0.597. The van der Waals surface area contributed by atoms with Crippen LogP contribution in [-0.4, -0.2) is 24.3 Å². The van der Waals surface area contributed by atoms with Crippen molar-refractivity contribution in [3.63, 3.8) is 0 Å². The highest BCUT2D eigenvalue weighted by molar-refractivity contribution is 7.89. The third-order valence-electron chi connectivity index (χ3n) is 4.02. The number of imidazole rings is 1. The Morgan fingerprint density at radius 3 is 2.39 bits per heavy atom. The Kier molecular flexibility index (Phi) is 4.90. The number of aromatic nitrogens is 2. The molecule has 0 unspecified atom stereocenters. The van der Waals surface area contributed by atoms with Gasteiger partial charge in [0.05, 0.1) is 27.5 Å². The van der Waals surface area contributed by atoms with Crippen molar-refractivity contribution in [3.8, 4) is 0 Å². The molecule has 1 amide bonds. The number of sulfonamides is 1. The van der Waals surface area contributed by atoms with Gasteiger partial charge < -0.3 is 10.7 Å². The topological polar surface area (TPSA) is 118 Å². The summed E-state index contributed by atoms with van der Waals surface area (Å²) in [5.74, 6) is -0.530. The van der Waals surface area contributed by atoms with E-state index < -0.39 is 33.7 Å². The van der Waals surface area contributed by atoms with Crippen molar-refractivity contribution in [1.82, 2.24) is 14.7 Å². The predicted octanol–water partition coefficient (Wildman–Crippen LogP) is 2.72. The maximum absolute atomic E-state index is 12.8. The van der Waals surface area contributed by atoms with Crippen molar-refractivity contribution in [1.29, 1.82) is 0 Å². The number of alkyl halides is 3. The first kappa shape index (κ1) is 19.8. The predicted molar refractivity (Wildman–Crippen MR) is 94.8 cm³/mol. The molecule has 3 rings (SSSR count). The first-order valence-electron chi connectivity index (χ1n) is 7.96. The normalized spacial score (nSPS) is 13.6. The second-order valence-corrected chi connectivity index (χ2v) is 7.80. The number of aromatic amines is 1. The summed E-state index contributed by atoms with van der Waals surface area (Å²) >= 11 is 0. The van der Waals surface area contributed by atoms with Crippen LogP contribution in [0.5, 0.6) is 0 Å².